The van der Waals surface area contributed by atoms with Crippen molar-refractivity contribution in [2.24, 2.45) is 0 Å². The van der Waals surface area contributed by atoms with Crippen LogP contribution in [0.4, 0.5) is 8.78 Å². The molecule has 0 aliphatic carbocycles. The number of nitrogens with one attached hydrogen (secondary N) is 1. The maximum Gasteiger partial charge on any atom is 0.145 e. The highest BCUT2D eigenvalue weighted by Gasteiger charge is 2.23. The van der Waals surface area contributed by atoms with Gasteiger partial charge in [0.15, 0.2) is 0 Å². The average molecular weight is 484 g/mol. The first-order valence-corrected chi connectivity index (χ1v) is 8.64. The SMILES string of the molecule is CCNC(c1cc(Br)cc(Br)c1)c1c(F)ccc(Br)c1F. The second-order valence-corrected chi connectivity index (χ2v) is 7.14. The zero-order chi connectivity index (χ0) is 15.6. The first-order valence-electron chi connectivity index (χ1n) is 6.26. The van der Waals surface area contributed by atoms with E-state index in [0.29, 0.717) is 6.54 Å². The van der Waals surface area contributed by atoms with Gasteiger partial charge in [-0.15, -0.1) is 0 Å². The highest BCUT2D eigenvalue weighted by molar-refractivity contribution is 9.11. The molecule has 112 valence electrons. The van der Waals surface area contributed by atoms with E-state index < -0.39 is 17.7 Å². The van der Waals surface area contributed by atoms with Gasteiger partial charge in [-0.2, -0.15) is 0 Å². The summed E-state index contributed by atoms with van der Waals surface area (Å²) in [7, 11) is 0. The fraction of sp³-hybridized carbons (Fsp3) is 0.200. The number of hydrogen-bond donors (Lipinski definition) is 1. The summed E-state index contributed by atoms with van der Waals surface area (Å²) in [6.45, 7) is 2.48. The molecule has 0 aliphatic heterocycles. The van der Waals surface area contributed by atoms with Gasteiger partial charge in [0.1, 0.15) is 11.6 Å². The van der Waals surface area contributed by atoms with E-state index >= 15 is 0 Å². The first kappa shape index (κ1) is 17.1. The molecule has 1 unspecified atom stereocenters. The molecule has 6 heteroatoms. The van der Waals surface area contributed by atoms with Gasteiger partial charge >= 0.3 is 0 Å². The largest absolute Gasteiger partial charge is 0.306 e. The third-order valence-electron chi connectivity index (χ3n) is 2.99. The van der Waals surface area contributed by atoms with Crippen molar-refractivity contribution in [3.05, 3.63) is 66.5 Å². The van der Waals surface area contributed by atoms with E-state index in [1.807, 2.05) is 25.1 Å². The zero-order valence-corrected chi connectivity index (χ0v) is 15.8. The second-order valence-electron chi connectivity index (χ2n) is 4.45. The van der Waals surface area contributed by atoms with E-state index in [4.69, 9.17) is 0 Å². The highest BCUT2D eigenvalue weighted by Crippen LogP contribution is 2.33. The van der Waals surface area contributed by atoms with Crippen LogP contribution in [-0.2, 0) is 0 Å². The molecule has 0 amide bonds. The molecule has 2 aromatic carbocycles. The Hall–Kier alpha value is -0.300. The zero-order valence-electron chi connectivity index (χ0n) is 11.1. The summed E-state index contributed by atoms with van der Waals surface area (Å²) in [5, 5.41) is 3.14. The summed E-state index contributed by atoms with van der Waals surface area (Å²) in [5.74, 6) is -1.16. The lowest BCUT2D eigenvalue weighted by molar-refractivity contribution is 0.507. The average Bonchev–Trinajstić information content (AvgIpc) is 2.41. The summed E-state index contributed by atoms with van der Waals surface area (Å²) >= 11 is 9.92. The predicted molar refractivity (Wildman–Crippen MR) is 91.4 cm³/mol. The van der Waals surface area contributed by atoms with Crippen molar-refractivity contribution in [3.63, 3.8) is 0 Å². The van der Waals surface area contributed by atoms with E-state index in [9.17, 15) is 8.78 Å². The summed E-state index contributed by atoms with van der Waals surface area (Å²) in [5.41, 5.74) is 0.783. The molecule has 0 spiro atoms. The molecule has 0 saturated carbocycles. The van der Waals surface area contributed by atoms with Gasteiger partial charge in [0.25, 0.3) is 0 Å². The van der Waals surface area contributed by atoms with Crippen molar-refractivity contribution in [2.75, 3.05) is 6.54 Å². The molecule has 1 nitrogen and oxygen atoms in total. The van der Waals surface area contributed by atoms with Crippen LogP contribution in [0.15, 0.2) is 43.7 Å². The lowest BCUT2D eigenvalue weighted by Crippen LogP contribution is -2.24. The van der Waals surface area contributed by atoms with Crippen molar-refractivity contribution in [1.82, 2.24) is 5.32 Å². The van der Waals surface area contributed by atoms with Crippen molar-refractivity contribution in [2.45, 2.75) is 13.0 Å². The van der Waals surface area contributed by atoms with Gasteiger partial charge in [-0.1, -0.05) is 38.8 Å². The van der Waals surface area contributed by atoms with Crippen LogP contribution in [0, 0.1) is 11.6 Å². The Morgan fingerprint density at radius 2 is 1.67 bits per heavy atom. The summed E-state index contributed by atoms with van der Waals surface area (Å²) in [6, 6.07) is 7.63. The monoisotopic (exact) mass is 481 g/mol. The molecule has 0 aromatic heterocycles. The quantitative estimate of drug-likeness (QED) is 0.530. The highest BCUT2D eigenvalue weighted by atomic mass is 79.9. The Labute approximate surface area is 147 Å². The Kier molecular flexibility index (Phi) is 5.94. The van der Waals surface area contributed by atoms with Gasteiger partial charge in [-0.3, -0.25) is 0 Å². The van der Waals surface area contributed by atoms with E-state index in [-0.39, 0.29) is 10.0 Å². The van der Waals surface area contributed by atoms with Crippen LogP contribution in [0.3, 0.4) is 0 Å². The Morgan fingerprint density at radius 3 is 2.24 bits per heavy atom. The lowest BCUT2D eigenvalue weighted by Gasteiger charge is -2.21. The molecule has 0 radical (unpaired) electrons. The van der Waals surface area contributed by atoms with Gasteiger partial charge < -0.3 is 5.32 Å². The van der Waals surface area contributed by atoms with E-state index in [1.54, 1.807) is 0 Å². The van der Waals surface area contributed by atoms with Crippen molar-refractivity contribution < 1.29 is 8.78 Å². The van der Waals surface area contributed by atoms with Gasteiger partial charge in [-0.05, 0) is 58.4 Å². The van der Waals surface area contributed by atoms with Crippen LogP contribution < -0.4 is 5.32 Å². The molecule has 0 fully saturated rings. The Balaban J connectivity index is 2.61. The van der Waals surface area contributed by atoms with Gasteiger partial charge in [0, 0.05) is 14.5 Å². The van der Waals surface area contributed by atoms with Crippen LogP contribution in [0.5, 0.6) is 0 Å². The van der Waals surface area contributed by atoms with E-state index in [2.05, 4.69) is 53.1 Å². The fourth-order valence-corrected chi connectivity index (χ4v) is 3.81. The molecule has 1 atom stereocenters. The number of rotatable bonds is 4. The molecule has 0 bridgehead atoms. The molecule has 21 heavy (non-hydrogen) atoms. The van der Waals surface area contributed by atoms with Crippen molar-refractivity contribution in [3.8, 4) is 0 Å². The van der Waals surface area contributed by atoms with Gasteiger partial charge in [0.2, 0.25) is 0 Å². The van der Waals surface area contributed by atoms with Crippen molar-refractivity contribution >= 4 is 47.8 Å². The van der Waals surface area contributed by atoms with Gasteiger partial charge in [0.05, 0.1) is 10.5 Å². The third kappa shape index (κ3) is 3.92. The maximum absolute atomic E-state index is 14.4. The number of halogens is 5. The standard InChI is InChI=1S/C15H12Br3F2N/c1-2-21-15(8-5-9(16)7-10(17)6-8)13-12(19)4-3-11(18)14(13)20/h3-7,15,21H,2H2,1H3. The minimum atomic E-state index is -0.586. The molecule has 2 aromatic rings. The van der Waals surface area contributed by atoms with Crippen molar-refractivity contribution in [1.29, 1.82) is 0 Å². The second kappa shape index (κ2) is 7.31. The molecular formula is C15H12Br3F2N. The van der Waals surface area contributed by atoms with E-state index in [0.717, 1.165) is 14.5 Å². The minimum absolute atomic E-state index is 0.0104. The molecule has 2 rings (SSSR count). The van der Waals surface area contributed by atoms with Gasteiger partial charge in [-0.25, -0.2) is 8.78 Å². The van der Waals surface area contributed by atoms with Crippen LogP contribution in [0.2, 0.25) is 0 Å². The normalized spacial score (nSPS) is 12.5. The minimum Gasteiger partial charge on any atom is -0.306 e. The number of benzene rings is 2. The molecule has 0 heterocycles. The third-order valence-corrected chi connectivity index (χ3v) is 4.52. The molecule has 0 saturated heterocycles. The lowest BCUT2D eigenvalue weighted by atomic mass is 9.97. The Bertz CT molecular complexity index is 641. The maximum atomic E-state index is 14.4. The van der Waals surface area contributed by atoms with Crippen LogP contribution in [0.25, 0.3) is 0 Å². The van der Waals surface area contributed by atoms with Crippen LogP contribution in [-0.4, -0.2) is 6.54 Å². The predicted octanol–water partition coefficient (Wildman–Crippen LogP) is 5.95. The molecule has 1 N–H and O–H groups in total. The summed E-state index contributed by atoms with van der Waals surface area (Å²) < 4.78 is 30.5. The summed E-state index contributed by atoms with van der Waals surface area (Å²) in [6.07, 6.45) is 0. The number of hydrogen-bond acceptors (Lipinski definition) is 1. The smallest absolute Gasteiger partial charge is 0.145 e. The van der Waals surface area contributed by atoms with Crippen LogP contribution in [0.1, 0.15) is 24.1 Å². The molecule has 0 aliphatic rings. The van der Waals surface area contributed by atoms with E-state index in [1.165, 1.54) is 12.1 Å². The topological polar surface area (TPSA) is 12.0 Å². The molecular weight excluding hydrogens is 472 g/mol. The first-order chi connectivity index (χ1) is 9.93. The fourth-order valence-electron chi connectivity index (χ4n) is 2.14. The Morgan fingerprint density at radius 1 is 1.05 bits per heavy atom. The summed E-state index contributed by atoms with van der Waals surface area (Å²) in [4.78, 5) is 0. The van der Waals surface area contributed by atoms with Crippen LogP contribution >= 0.6 is 47.8 Å².